The van der Waals surface area contributed by atoms with E-state index in [0.29, 0.717) is 30.7 Å². The highest BCUT2D eigenvalue weighted by Gasteiger charge is 2.45. The van der Waals surface area contributed by atoms with Gasteiger partial charge in [0.25, 0.3) is 0 Å². The number of likely N-dealkylation sites (N-methyl/N-ethyl adjacent to an activating group) is 2. The highest BCUT2D eigenvalue weighted by atomic mass is 35.5. The molecule has 1 amide bonds. The average Bonchev–Trinajstić information content (AvgIpc) is 3.17. The van der Waals surface area contributed by atoms with E-state index < -0.39 is 0 Å². The third-order valence-corrected chi connectivity index (χ3v) is 7.12. The first-order valence-electron chi connectivity index (χ1n) is 11.0. The van der Waals surface area contributed by atoms with Crippen LogP contribution in [0, 0.1) is 0 Å². The zero-order chi connectivity index (χ0) is 21.1. The summed E-state index contributed by atoms with van der Waals surface area (Å²) in [5.41, 5.74) is 0.961. The van der Waals surface area contributed by atoms with Crippen LogP contribution in [0.3, 0.4) is 0 Å². The Labute approximate surface area is 183 Å². The van der Waals surface area contributed by atoms with Gasteiger partial charge in [-0.1, -0.05) is 36.6 Å². The standard InChI is InChI=1S/C23H31ClN4O2/c1-27-15-4-3-6-19(27)16-28(2)21(29)12-11-20-25-26-22(30-20)23(13-5-14-23)17-7-9-18(24)10-8-17/h7-10,19H,3-6,11-16H2,1-2H3/t19-/m0/s1. The summed E-state index contributed by atoms with van der Waals surface area (Å²) in [7, 11) is 4.05. The lowest BCUT2D eigenvalue weighted by atomic mass is 9.64. The smallest absolute Gasteiger partial charge is 0.227 e. The molecule has 1 saturated heterocycles. The average molecular weight is 431 g/mol. The molecule has 0 N–H and O–H groups in total. The lowest BCUT2D eigenvalue weighted by Gasteiger charge is -2.39. The number of aryl methyl sites for hydroxylation is 1. The van der Waals surface area contributed by atoms with Crippen LogP contribution in [0.5, 0.6) is 0 Å². The number of amides is 1. The summed E-state index contributed by atoms with van der Waals surface area (Å²) in [6.07, 6.45) is 7.65. The Kier molecular flexibility index (Phi) is 6.44. The summed E-state index contributed by atoms with van der Waals surface area (Å²) in [5, 5.41) is 9.32. The maximum Gasteiger partial charge on any atom is 0.227 e. The minimum absolute atomic E-state index is 0.129. The summed E-state index contributed by atoms with van der Waals surface area (Å²) in [4.78, 5) is 16.8. The number of halogens is 1. The van der Waals surface area contributed by atoms with Crippen LogP contribution >= 0.6 is 11.6 Å². The molecule has 162 valence electrons. The molecule has 1 atom stereocenters. The molecule has 6 nitrogen and oxygen atoms in total. The molecule has 1 aliphatic heterocycles. The lowest BCUT2D eigenvalue weighted by Crippen LogP contribution is -2.45. The van der Waals surface area contributed by atoms with Crippen LogP contribution in [0.4, 0.5) is 0 Å². The van der Waals surface area contributed by atoms with Gasteiger partial charge in [0.05, 0.1) is 5.41 Å². The molecule has 2 heterocycles. The van der Waals surface area contributed by atoms with E-state index in [-0.39, 0.29) is 11.3 Å². The predicted octanol–water partition coefficient (Wildman–Crippen LogP) is 4.07. The summed E-state index contributed by atoms with van der Waals surface area (Å²) in [5.74, 6) is 1.34. The number of benzene rings is 1. The number of likely N-dealkylation sites (tertiary alicyclic amines) is 1. The van der Waals surface area contributed by atoms with E-state index in [1.54, 1.807) is 0 Å². The molecule has 1 saturated carbocycles. The first-order valence-corrected chi connectivity index (χ1v) is 11.4. The minimum Gasteiger partial charge on any atom is -0.424 e. The monoisotopic (exact) mass is 430 g/mol. The number of piperidine rings is 1. The number of hydrogen-bond donors (Lipinski definition) is 0. The molecule has 1 aliphatic carbocycles. The normalized spacial score (nSPS) is 21.2. The van der Waals surface area contributed by atoms with Gasteiger partial charge in [-0.05, 0) is 57.0 Å². The summed E-state index contributed by atoms with van der Waals surface area (Å²) in [6.45, 7) is 1.90. The molecule has 2 aromatic rings. The molecular weight excluding hydrogens is 400 g/mol. The number of hydrogen-bond acceptors (Lipinski definition) is 5. The van der Waals surface area contributed by atoms with Gasteiger partial charge in [0.15, 0.2) is 0 Å². The minimum atomic E-state index is -0.206. The topological polar surface area (TPSA) is 62.5 Å². The van der Waals surface area contributed by atoms with Crippen molar-refractivity contribution in [2.24, 2.45) is 0 Å². The van der Waals surface area contributed by atoms with E-state index >= 15 is 0 Å². The predicted molar refractivity (Wildman–Crippen MR) is 117 cm³/mol. The first-order chi connectivity index (χ1) is 14.5. The van der Waals surface area contributed by atoms with E-state index in [4.69, 9.17) is 16.0 Å². The Morgan fingerprint density at radius 3 is 2.67 bits per heavy atom. The van der Waals surface area contributed by atoms with E-state index in [2.05, 4.69) is 22.1 Å². The van der Waals surface area contributed by atoms with Gasteiger partial charge in [0, 0.05) is 37.5 Å². The SMILES string of the molecule is CN(C[C@@H]1CCCCN1C)C(=O)CCc1nnc(C2(c3ccc(Cl)cc3)CCC2)o1. The number of carbonyl (C=O) groups excluding carboxylic acids is 1. The van der Waals surface area contributed by atoms with Gasteiger partial charge in [-0.25, -0.2) is 0 Å². The fourth-order valence-electron chi connectivity index (χ4n) is 4.67. The molecule has 0 spiro atoms. The third-order valence-electron chi connectivity index (χ3n) is 6.86. The van der Waals surface area contributed by atoms with E-state index in [1.807, 2.05) is 36.2 Å². The van der Waals surface area contributed by atoms with Crippen molar-refractivity contribution < 1.29 is 9.21 Å². The van der Waals surface area contributed by atoms with Crippen molar-refractivity contribution in [2.45, 2.75) is 62.8 Å². The summed E-state index contributed by atoms with van der Waals surface area (Å²) >= 11 is 6.05. The quantitative estimate of drug-likeness (QED) is 0.662. The van der Waals surface area contributed by atoms with Gasteiger partial charge < -0.3 is 14.2 Å². The van der Waals surface area contributed by atoms with Crippen LogP contribution in [0.15, 0.2) is 28.7 Å². The molecule has 7 heteroatoms. The van der Waals surface area contributed by atoms with Crippen molar-refractivity contribution >= 4 is 17.5 Å². The number of aromatic nitrogens is 2. The molecule has 0 radical (unpaired) electrons. The van der Waals surface area contributed by atoms with Gasteiger partial charge >= 0.3 is 0 Å². The van der Waals surface area contributed by atoms with E-state index in [1.165, 1.54) is 18.4 Å². The van der Waals surface area contributed by atoms with Crippen LogP contribution in [-0.2, 0) is 16.6 Å². The maximum atomic E-state index is 12.6. The molecule has 1 aromatic heterocycles. The number of nitrogens with zero attached hydrogens (tertiary/aromatic N) is 4. The second-order valence-corrected chi connectivity index (χ2v) is 9.28. The lowest BCUT2D eigenvalue weighted by molar-refractivity contribution is -0.130. The maximum absolute atomic E-state index is 12.6. The van der Waals surface area contributed by atoms with Crippen LogP contribution in [0.1, 0.15) is 62.3 Å². The zero-order valence-corrected chi connectivity index (χ0v) is 18.7. The fraction of sp³-hybridized carbons (Fsp3) is 0.609. The van der Waals surface area contributed by atoms with Gasteiger partial charge in [0.1, 0.15) is 0 Å². The zero-order valence-electron chi connectivity index (χ0n) is 17.9. The Balaban J connectivity index is 1.35. The Bertz CT molecular complexity index is 862. The molecule has 30 heavy (non-hydrogen) atoms. The highest BCUT2D eigenvalue weighted by molar-refractivity contribution is 6.30. The first kappa shape index (κ1) is 21.3. The molecule has 1 aromatic carbocycles. The molecule has 2 fully saturated rings. The largest absolute Gasteiger partial charge is 0.424 e. The van der Waals surface area contributed by atoms with Crippen LogP contribution in [-0.4, -0.2) is 59.1 Å². The van der Waals surface area contributed by atoms with Crippen molar-refractivity contribution in [3.05, 3.63) is 46.6 Å². The van der Waals surface area contributed by atoms with Crippen molar-refractivity contribution in [3.63, 3.8) is 0 Å². The van der Waals surface area contributed by atoms with Gasteiger partial charge in [0.2, 0.25) is 17.7 Å². The molecule has 0 unspecified atom stereocenters. The second kappa shape index (κ2) is 9.06. The van der Waals surface area contributed by atoms with Crippen molar-refractivity contribution in [1.29, 1.82) is 0 Å². The fourth-order valence-corrected chi connectivity index (χ4v) is 4.80. The second-order valence-electron chi connectivity index (χ2n) is 8.85. The highest BCUT2D eigenvalue weighted by Crippen LogP contribution is 2.48. The molecule has 2 aliphatic rings. The van der Waals surface area contributed by atoms with Gasteiger partial charge in [-0.3, -0.25) is 4.79 Å². The van der Waals surface area contributed by atoms with E-state index in [9.17, 15) is 4.79 Å². The van der Waals surface area contributed by atoms with Crippen molar-refractivity contribution in [1.82, 2.24) is 20.0 Å². The van der Waals surface area contributed by atoms with Crippen LogP contribution < -0.4 is 0 Å². The Morgan fingerprint density at radius 1 is 1.23 bits per heavy atom. The number of rotatable bonds is 7. The van der Waals surface area contributed by atoms with E-state index in [0.717, 1.165) is 43.8 Å². The molecular formula is C23H31ClN4O2. The molecule has 4 rings (SSSR count). The molecule has 0 bridgehead atoms. The Hall–Kier alpha value is -1.92. The van der Waals surface area contributed by atoms with Gasteiger partial charge in [-0.15, -0.1) is 10.2 Å². The summed E-state index contributed by atoms with van der Waals surface area (Å²) in [6, 6.07) is 8.37. The Morgan fingerprint density at radius 2 is 2.00 bits per heavy atom. The van der Waals surface area contributed by atoms with Gasteiger partial charge in [-0.2, -0.15) is 0 Å². The number of carbonyl (C=O) groups is 1. The van der Waals surface area contributed by atoms with Crippen molar-refractivity contribution in [2.75, 3.05) is 27.2 Å². The van der Waals surface area contributed by atoms with Crippen LogP contribution in [0.25, 0.3) is 0 Å². The summed E-state index contributed by atoms with van der Waals surface area (Å²) < 4.78 is 6.04. The van der Waals surface area contributed by atoms with Crippen molar-refractivity contribution in [3.8, 4) is 0 Å². The van der Waals surface area contributed by atoms with Crippen LogP contribution in [0.2, 0.25) is 5.02 Å². The third kappa shape index (κ3) is 4.40.